The van der Waals surface area contributed by atoms with Gasteiger partial charge in [0, 0.05) is 17.9 Å². The van der Waals surface area contributed by atoms with Gasteiger partial charge in [0.25, 0.3) is 0 Å². The molecule has 0 amide bonds. The summed E-state index contributed by atoms with van der Waals surface area (Å²) in [6.45, 7) is 8.20. The Morgan fingerprint density at radius 3 is 2.72 bits per heavy atom. The van der Waals surface area contributed by atoms with Crippen LogP contribution in [0, 0.1) is 17.8 Å². The molecule has 1 unspecified atom stereocenters. The molecule has 0 bridgehead atoms. The predicted molar refractivity (Wildman–Crippen MR) is 120 cm³/mol. The molecule has 2 fully saturated rings. The van der Waals surface area contributed by atoms with Crippen molar-refractivity contribution in [2.24, 2.45) is 17.8 Å². The SMILES string of the molecule is CCOc1ccc(/C=C/C(=O)O[C@H]2CC3C(=C2C)[C@H]2OC(=O)[C@@H](C)[C@@H]2CC[C@@]3(C)O)cc1. The Kier molecular flexibility index (Phi) is 6.17. The van der Waals surface area contributed by atoms with Crippen molar-refractivity contribution in [3.8, 4) is 5.75 Å². The van der Waals surface area contributed by atoms with Crippen molar-refractivity contribution >= 4 is 18.0 Å². The molecule has 0 aromatic heterocycles. The summed E-state index contributed by atoms with van der Waals surface area (Å²) in [5.41, 5.74) is 1.79. The molecule has 1 saturated carbocycles. The number of carbonyl (C=O) groups excluding carboxylic acids is 2. The molecule has 1 heterocycles. The fourth-order valence-corrected chi connectivity index (χ4v) is 5.40. The van der Waals surface area contributed by atoms with Gasteiger partial charge in [-0.15, -0.1) is 0 Å². The van der Waals surface area contributed by atoms with Gasteiger partial charge in [-0.2, -0.15) is 0 Å². The van der Waals surface area contributed by atoms with Crippen molar-refractivity contribution in [2.75, 3.05) is 6.61 Å². The van der Waals surface area contributed by atoms with Crippen LogP contribution in [0.25, 0.3) is 6.08 Å². The molecule has 1 saturated heterocycles. The second kappa shape index (κ2) is 8.74. The molecular weight excluding hydrogens is 408 g/mol. The van der Waals surface area contributed by atoms with E-state index in [1.807, 2.05) is 52.0 Å². The Bertz CT molecular complexity index is 942. The van der Waals surface area contributed by atoms with E-state index in [1.165, 1.54) is 6.08 Å². The van der Waals surface area contributed by atoms with Crippen molar-refractivity contribution in [3.05, 3.63) is 47.1 Å². The largest absolute Gasteiger partial charge is 0.494 e. The fraction of sp³-hybridized carbons (Fsp3) is 0.538. The summed E-state index contributed by atoms with van der Waals surface area (Å²) in [5.74, 6) is -0.159. The highest BCUT2D eigenvalue weighted by molar-refractivity contribution is 5.87. The second-order valence-corrected chi connectivity index (χ2v) is 9.39. The van der Waals surface area contributed by atoms with E-state index < -0.39 is 17.7 Å². The summed E-state index contributed by atoms with van der Waals surface area (Å²) in [7, 11) is 0. The maximum atomic E-state index is 12.5. The first-order valence-electron chi connectivity index (χ1n) is 11.5. The molecule has 6 atom stereocenters. The fourth-order valence-electron chi connectivity index (χ4n) is 5.40. The molecule has 3 aliphatic rings. The van der Waals surface area contributed by atoms with E-state index in [0.717, 1.165) is 28.9 Å². The second-order valence-electron chi connectivity index (χ2n) is 9.39. The zero-order valence-corrected chi connectivity index (χ0v) is 19.2. The van der Waals surface area contributed by atoms with Gasteiger partial charge in [-0.3, -0.25) is 4.79 Å². The van der Waals surface area contributed by atoms with Gasteiger partial charge < -0.3 is 19.3 Å². The van der Waals surface area contributed by atoms with E-state index in [1.54, 1.807) is 6.08 Å². The molecule has 1 N–H and O–H groups in total. The number of fused-ring (bicyclic) bond motifs is 3. The lowest BCUT2D eigenvalue weighted by Gasteiger charge is -2.31. The zero-order chi connectivity index (χ0) is 23.0. The van der Waals surface area contributed by atoms with Crippen LogP contribution in [0.4, 0.5) is 0 Å². The monoisotopic (exact) mass is 440 g/mol. The van der Waals surface area contributed by atoms with E-state index >= 15 is 0 Å². The minimum Gasteiger partial charge on any atom is -0.494 e. The molecule has 32 heavy (non-hydrogen) atoms. The predicted octanol–water partition coefficient (Wildman–Crippen LogP) is 4.07. The quantitative estimate of drug-likeness (QED) is 0.422. The van der Waals surface area contributed by atoms with Crippen molar-refractivity contribution in [1.82, 2.24) is 0 Å². The van der Waals surface area contributed by atoms with E-state index in [2.05, 4.69) is 0 Å². The first kappa shape index (κ1) is 22.6. The van der Waals surface area contributed by atoms with Gasteiger partial charge in [-0.25, -0.2) is 4.79 Å². The standard InChI is InChI=1S/C26H32O6/c1-5-30-18-9-6-17(7-10-18)8-11-22(27)31-21-14-20-23(16(21)3)24-19(12-13-26(20,4)29)15(2)25(28)32-24/h6-11,15,19-21,24,29H,5,12-14H2,1-4H3/b11-8+/t15-,19-,20?,21-,24-,26+/m0/s1. The maximum Gasteiger partial charge on any atom is 0.331 e. The molecule has 6 nitrogen and oxygen atoms in total. The number of carbonyl (C=O) groups is 2. The van der Waals surface area contributed by atoms with Crippen molar-refractivity contribution in [3.63, 3.8) is 0 Å². The van der Waals surface area contributed by atoms with Crippen LogP contribution in [-0.2, 0) is 19.1 Å². The third-order valence-corrected chi connectivity index (χ3v) is 7.31. The Morgan fingerprint density at radius 1 is 1.31 bits per heavy atom. The number of hydrogen-bond acceptors (Lipinski definition) is 6. The van der Waals surface area contributed by atoms with Crippen molar-refractivity contribution < 1.29 is 28.9 Å². The van der Waals surface area contributed by atoms with Crippen LogP contribution in [0.15, 0.2) is 41.5 Å². The van der Waals surface area contributed by atoms with Crippen LogP contribution in [-0.4, -0.2) is 41.5 Å². The van der Waals surface area contributed by atoms with Crippen LogP contribution in [0.1, 0.15) is 52.5 Å². The van der Waals surface area contributed by atoms with Gasteiger partial charge >= 0.3 is 11.9 Å². The molecule has 1 aromatic carbocycles. The Balaban J connectivity index is 1.49. The molecule has 0 spiro atoms. The molecule has 4 rings (SSSR count). The average molecular weight is 441 g/mol. The maximum absolute atomic E-state index is 12.5. The summed E-state index contributed by atoms with van der Waals surface area (Å²) >= 11 is 0. The Labute approximate surface area is 189 Å². The summed E-state index contributed by atoms with van der Waals surface area (Å²) < 4.78 is 17.0. The third kappa shape index (κ3) is 4.20. The van der Waals surface area contributed by atoms with Crippen molar-refractivity contribution in [1.29, 1.82) is 0 Å². The number of ether oxygens (including phenoxy) is 3. The normalized spacial score (nSPS) is 34.2. The van der Waals surface area contributed by atoms with Gasteiger partial charge in [0.05, 0.1) is 18.1 Å². The Morgan fingerprint density at radius 2 is 2.03 bits per heavy atom. The highest BCUT2D eigenvalue weighted by atomic mass is 16.6. The first-order chi connectivity index (χ1) is 15.2. The van der Waals surface area contributed by atoms with Gasteiger partial charge in [0.2, 0.25) is 0 Å². The Hall–Kier alpha value is -2.60. The first-order valence-corrected chi connectivity index (χ1v) is 11.5. The summed E-state index contributed by atoms with van der Waals surface area (Å²) in [4.78, 5) is 24.8. The number of aliphatic hydroxyl groups is 1. The average Bonchev–Trinajstić information content (AvgIpc) is 3.19. The smallest absolute Gasteiger partial charge is 0.331 e. The van der Waals surface area contributed by atoms with E-state index in [0.29, 0.717) is 19.4 Å². The third-order valence-electron chi connectivity index (χ3n) is 7.31. The molecule has 1 aromatic rings. The van der Waals surface area contributed by atoms with Crippen LogP contribution >= 0.6 is 0 Å². The highest BCUT2D eigenvalue weighted by Crippen LogP contribution is 2.52. The zero-order valence-electron chi connectivity index (χ0n) is 19.2. The van der Waals surface area contributed by atoms with Gasteiger partial charge in [-0.05, 0) is 75.0 Å². The lowest BCUT2D eigenvalue weighted by molar-refractivity contribution is -0.143. The van der Waals surface area contributed by atoms with Crippen LogP contribution < -0.4 is 4.74 Å². The van der Waals surface area contributed by atoms with Crippen LogP contribution in [0.2, 0.25) is 0 Å². The highest BCUT2D eigenvalue weighted by Gasteiger charge is 2.55. The number of esters is 2. The number of rotatable bonds is 5. The topological polar surface area (TPSA) is 82.1 Å². The lowest BCUT2D eigenvalue weighted by Crippen LogP contribution is -2.35. The van der Waals surface area contributed by atoms with E-state index in [9.17, 15) is 14.7 Å². The molecule has 6 heteroatoms. The minimum absolute atomic E-state index is 0.0536. The summed E-state index contributed by atoms with van der Waals surface area (Å²) in [6, 6.07) is 7.47. The van der Waals surface area contributed by atoms with E-state index in [4.69, 9.17) is 14.2 Å². The lowest BCUT2D eigenvalue weighted by atomic mass is 9.81. The van der Waals surface area contributed by atoms with Gasteiger partial charge in [-0.1, -0.05) is 19.1 Å². The molecule has 2 aliphatic carbocycles. The molecular formula is C26H32O6. The molecule has 0 radical (unpaired) electrons. The summed E-state index contributed by atoms with van der Waals surface area (Å²) in [6.07, 6.45) is 4.20. The van der Waals surface area contributed by atoms with E-state index in [-0.39, 0.29) is 29.8 Å². The molecule has 1 aliphatic heterocycles. The number of benzene rings is 1. The van der Waals surface area contributed by atoms with Crippen LogP contribution in [0.3, 0.4) is 0 Å². The number of hydrogen-bond donors (Lipinski definition) is 1. The van der Waals surface area contributed by atoms with Crippen LogP contribution in [0.5, 0.6) is 5.75 Å². The summed E-state index contributed by atoms with van der Waals surface area (Å²) in [5, 5.41) is 11.2. The van der Waals surface area contributed by atoms with Gasteiger partial charge in [0.1, 0.15) is 18.0 Å². The van der Waals surface area contributed by atoms with Crippen molar-refractivity contribution in [2.45, 2.75) is 64.8 Å². The molecule has 172 valence electrons. The van der Waals surface area contributed by atoms with Gasteiger partial charge in [0.15, 0.2) is 0 Å². The minimum atomic E-state index is -0.924.